The number of piperidine rings is 2. The molecule has 0 aromatic heterocycles. The smallest absolute Gasteiger partial charge is 0.319 e. The standard InChI is InChI=1S/C16H30N4O/c17-15-5-9-18(10-6-15)13-14-3-11-20(12-4-14)16(21)19-7-1-2-8-19/h14-15H,1-13,17H2. The third-order valence-electron chi connectivity index (χ3n) is 5.41. The molecule has 3 aliphatic rings. The van der Waals surface area contributed by atoms with Gasteiger partial charge >= 0.3 is 6.03 Å². The van der Waals surface area contributed by atoms with Crippen LogP contribution in [0.5, 0.6) is 0 Å². The second kappa shape index (κ2) is 6.97. The molecule has 0 saturated carbocycles. The molecule has 5 nitrogen and oxygen atoms in total. The van der Waals surface area contributed by atoms with Gasteiger partial charge in [-0.2, -0.15) is 0 Å². The van der Waals surface area contributed by atoms with Crippen LogP contribution in [0.4, 0.5) is 4.79 Å². The summed E-state index contributed by atoms with van der Waals surface area (Å²) in [5.74, 6) is 0.766. The maximum absolute atomic E-state index is 12.4. The molecule has 0 radical (unpaired) electrons. The zero-order valence-electron chi connectivity index (χ0n) is 13.2. The molecule has 3 aliphatic heterocycles. The molecular formula is C16H30N4O. The Morgan fingerprint density at radius 3 is 2.05 bits per heavy atom. The summed E-state index contributed by atoms with van der Waals surface area (Å²) in [6.45, 7) is 7.36. The van der Waals surface area contributed by atoms with Gasteiger partial charge in [0.15, 0.2) is 0 Å². The number of likely N-dealkylation sites (tertiary alicyclic amines) is 3. The summed E-state index contributed by atoms with van der Waals surface area (Å²) < 4.78 is 0. The minimum absolute atomic E-state index is 0.287. The SMILES string of the molecule is NC1CCN(CC2CCN(C(=O)N3CCCC3)CC2)CC1. The minimum Gasteiger partial charge on any atom is -0.328 e. The lowest BCUT2D eigenvalue weighted by Crippen LogP contribution is -2.48. The molecule has 5 heteroatoms. The average Bonchev–Trinajstić information content (AvgIpc) is 3.04. The number of nitrogens with two attached hydrogens (primary N) is 1. The van der Waals surface area contributed by atoms with E-state index in [9.17, 15) is 4.79 Å². The van der Waals surface area contributed by atoms with Crippen molar-refractivity contribution in [2.24, 2.45) is 11.7 Å². The van der Waals surface area contributed by atoms with Gasteiger partial charge in [-0.15, -0.1) is 0 Å². The first-order valence-corrected chi connectivity index (χ1v) is 8.74. The van der Waals surface area contributed by atoms with E-state index in [1.54, 1.807) is 0 Å². The molecule has 0 aromatic rings. The van der Waals surface area contributed by atoms with Crippen LogP contribution in [0.15, 0.2) is 0 Å². The van der Waals surface area contributed by atoms with Crippen LogP contribution in [0.1, 0.15) is 38.5 Å². The number of nitrogens with zero attached hydrogens (tertiary/aromatic N) is 3. The third-order valence-corrected chi connectivity index (χ3v) is 5.41. The second-order valence-electron chi connectivity index (χ2n) is 7.05. The Balaban J connectivity index is 1.39. The third kappa shape index (κ3) is 3.89. The molecule has 3 heterocycles. The van der Waals surface area contributed by atoms with Gasteiger partial charge < -0.3 is 20.4 Å². The van der Waals surface area contributed by atoms with Gasteiger partial charge in [0.2, 0.25) is 0 Å². The number of rotatable bonds is 2. The van der Waals surface area contributed by atoms with Gasteiger partial charge in [0.05, 0.1) is 0 Å². The van der Waals surface area contributed by atoms with Gasteiger partial charge in [-0.25, -0.2) is 4.79 Å². The van der Waals surface area contributed by atoms with E-state index in [2.05, 4.69) is 9.80 Å². The predicted molar refractivity (Wildman–Crippen MR) is 84.1 cm³/mol. The highest BCUT2D eigenvalue weighted by Gasteiger charge is 2.28. The van der Waals surface area contributed by atoms with E-state index in [1.807, 2.05) is 4.90 Å². The number of carbonyl (C=O) groups is 1. The average molecular weight is 294 g/mol. The van der Waals surface area contributed by atoms with E-state index in [0.29, 0.717) is 6.04 Å². The number of carbonyl (C=O) groups excluding carboxylic acids is 1. The summed E-state index contributed by atoms with van der Waals surface area (Å²) in [7, 11) is 0. The number of amides is 2. The molecule has 120 valence electrons. The first-order valence-electron chi connectivity index (χ1n) is 8.74. The lowest BCUT2D eigenvalue weighted by Gasteiger charge is -2.38. The molecule has 21 heavy (non-hydrogen) atoms. The Morgan fingerprint density at radius 1 is 0.857 bits per heavy atom. The van der Waals surface area contributed by atoms with E-state index in [0.717, 1.165) is 58.0 Å². The highest BCUT2D eigenvalue weighted by Crippen LogP contribution is 2.22. The van der Waals surface area contributed by atoms with Gasteiger partial charge in [0.1, 0.15) is 0 Å². The fourth-order valence-corrected chi connectivity index (χ4v) is 3.92. The Hall–Kier alpha value is -0.810. The second-order valence-corrected chi connectivity index (χ2v) is 7.05. The van der Waals surface area contributed by atoms with Crippen molar-refractivity contribution in [2.45, 2.75) is 44.6 Å². The topological polar surface area (TPSA) is 52.8 Å². The Bertz CT molecular complexity index is 340. The summed E-state index contributed by atoms with van der Waals surface area (Å²) in [6, 6.07) is 0.705. The minimum atomic E-state index is 0.287. The quantitative estimate of drug-likeness (QED) is 0.836. The normalized spacial score (nSPS) is 26.5. The van der Waals surface area contributed by atoms with Crippen LogP contribution in [0.3, 0.4) is 0 Å². The molecule has 0 spiro atoms. The Labute approximate surface area is 128 Å². The van der Waals surface area contributed by atoms with E-state index in [4.69, 9.17) is 5.73 Å². The Kier molecular flexibility index (Phi) is 5.01. The Morgan fingerprint density at radius 2 is 1.43 bits per heavy atom. The molecule has 0 atom stereocenters. The molecule has 0 bridgehead atoms. The monoisotopic (exact) mass is 294 g/mol. The molecule has 0 aliphatic carbocycles. The zero-order chi connectivity index (χ0) is 14.7. The lowest BCUT2D eigenvalue weighted by molar-refractivity contribution is 0.118. The summed E-state index contributed by atoms with van der Waals surface area (Å²) in [4.78, 5) is 19.0. The van der Waals surface area contributed by atoms with Crippen molar-refractivity contribution in [3.05, 3.63) is 0 Å². The molecule has 0 unspecified atom stereocenters. The summed E-state index contributed by atoms with van der Waals surface area (Å²) in [5.41, 5.74) is 5.97. The first-order chi connectivity index (χ1) is 10.2. The van der Waals surface area contributed by atoms with Crippen LogP contribution < -0.4 is 5.73 Å². The number of hydrogen-bond acceptors (Lipinski definition) is 3. The van der Waals surface area contributed by atoms with Crippen molar-refractivity contribution in [1.82, 2.24) is 14.7 Å². The largest absolute Gasteiger partial charge is 0.328 e. The van der Waals surface area contributed by atoms with Crippen LogP contribution in [-0.4, -0.2) is 72.6 Å². The molecule has 3 saturated heterocycles. The highest BCUT2D eigenvalue weighted by molar-refractivity contribution is 5.74. The van der Waals surface area contributed by atoms with Gasteiger partial charge in [-0.1, -0.05) is 0 Å². The van der Waals surface area contributed by atoms with Gasteiger partial charge in [-0.05, 0) is 57.5 Å². The van der Waals surface area contributed by atoms with Gasteiger partial charge in [0, 0.05) is 38.8 Å². The molecule has 2 N–H and O–H groups in total. The van der Waals surface area contributed by atoms with Gasteiger partial charge in [-0.3, -0.25) is 0 Å². The summed E-state index contributed by atoms with van der Waals surface area (Å²) in [5, 5.41) is 0. The highest BCUT2D eigenvalue weighted by atomic mass is 16.2. The van der Waals surface area contributed by atoms with Crippen LogP contribution >= 0.6 is 0 Å². The van der Waals surface area contributed by atoms with Crippen molar-refractivity contribution >= 4 is 6.03 Å². The fraction of sp³-hybridized carbons (Fsp3) is 0.938. The van der Waals surface area contributed by atoms with E-state index in [1.165, 1.54) is 32.2 Å². The maximum atomic E-state index is 12.4. The maximum Gasteiger partial charge on any atom is 0.319 e. The molecule has 2 amide bonds. The van der Waals surface area contributed by atoms with Crippen molar-refractivity contribution in [2.75, 3.05) is 45.8 Å². The van der Waals surface area contributed by atoms with Crippen molar-refractivity contribution in [1.29, 1.82) is 0 Å². The molecule has 3 rings (SSSR count). The summed E-state index contributed by atoms with van der Waals surface area (Å²) >= 11 is 0. The van der Waals surface area contributed by atoms with Crippen molar-refractivity contribution in [3.63, 3.8) is 0 Å². The summed E-state index contributed by atoms with van der Waals surface area (Å²) in [6.07, 6.45) is 6.99. The van der Waals surface area contributed by atoms with Crippen molar-refractivity contribution in [3.8, 4) is 0 Å². The lowest BCUT2D eigenvalue weighted by atomic mass is 9.95. The van der Waals surface area contributed by atoms with E-state index in [-0.39, 0.29) is 6.03 Å². The predicted octanol–water partition coefficient (Wildman–Crippen LogP) is 1.34. The van der Waals surface area contributed by atoms with Crippen LogP contribution in [0.25, 0.3) is 0 Å². The van der Waals surface area contributed by atoms with Crippen LogP contribution in [-0.2, 0) is 0 Å². The first kappa shape index (κ1) is 15.1. The molecule has 0 aromatic carbocycles. The number of hydrogen-bond donors (Lipinski definition) is 1. The molecule has 3 fully saturated rings. The van der Waals surface area contributed by atoms with E-state index < -0.39 is 0 Å². The van der Waals surface area contributed by atoms with E-state index >= 15 is 0 Å². The number of urea groups is 1. The molecular weight excluding hydrogens is 264 g/mol. The van der Waals surface area contributed by atoms with Crippen molar-refractivity contribution < 1.29 is 4.79 Å². The van der Waals surface area contributed by atoms with Gasteiger partial charge in [0.25, 0.3) is 0 Å². The van der Waals surface area contributed by atoms with Crippen LogP contribution in [0.2, 0.25) is 0 Å². The van der Waals surface area contributed by atoms with Crippen LogP contribution in [0, 0.1) is 5.92 Å². The zero-order valence-corrected chi connectivity index (χ0v) is 13.2. The fourth-order valence-electron chi connectivity index (χ4n) is 3.92.